The van der Waals surface area contributed by atoms with Crippen molar-refractivity contribution >= 4 is 53.1 Å². The number of benzene rings is 6. The second-order valence-electron chi connectivity index (χ2n) is 10.2. The Morgan fingerprint density at radius 3 is 1.73 bits per heavy atom. The van der Waals surface area contributed by atoms with Crippen molar-refractivity contribution in [3.63, 3.8) is 0 Å². The first-order valence-electron chi connectivity index (χ1n) is 13.0. The molecule has 0 amide bonds. The first-order valence-corrected chi connectivity index (χ1v) is 13.8. The molecule has 0 saturated carbocycles. The van der Waals surface area contributed by atoms with Crippen molar-refractivity contribution in [3.8, 4) is 22.3 Å². The van der Waals surface area contributed by atoms with Crippen LogP contribution in [0.25, 0.3) is 64.0 Å². The van der Waals surface area contributed by atoms with E-state index in [4.69, 9.17) is 0 Å². The van der Waals surface area contributed by atoms with Gasteiger partial charge in [0.2, 0.25) is 0 Å². The number of rotatable bonds is 2. The molecule has 0 unspecified atom stereocenters. The molecule has 1 heterocycles. The highest BCUT2D eigenvalue weighted by Crippen LogP contribution is 2.45. The molecule has 0 N–H and O–H groups in total. The van der Waals surface area contributed by atoms with Crippen LogP contribution in [0.15, 0.2) is 97.1 Å². The fourth-order valence-electron chi connectivity index (χ4n) is 6.46. The van der Waals surface area contributed by atoms with Crippen molar-refractivity contribution in [1.82, 2.24) is 0 Å². The van der Waals surface area contributed by atoms with Crippen LogP contribution in [0.4, 0.5) is 0 Å². The molecule has 0 aliphatic heterocycles. The zero-order chi connectivity index (χ0) is 25.3. The number of fused-ring (bicyclic) bond motifs is 6. The third-order valence-electron chi connectivity index (χ3n) is 8.21. The molecule has 7 aromatic rings. The first kappa shape index (κ1) is 22.3. The van der Waals surface area contributed by atoms with Crippen molar-refractivity contribution < 1.29 is 0 Å². The minimum Gasteiger partial charge on any atom is -0.135 e. The molecule has 0 atom stereocenters. The van der Waals surface area contributed by atoms with E-state index in [2.05, 4.69) is 125 Å². The summed E-state index contributed by atoms with van der Waals surface area (Å²) in [4.78, 5) is 0. The molecule has 1 heteroatoms. The molecule has 0 spiro atoms. The zero-order valence-electron chi connectivity index (χ0n) is 21.6. The van der Waals surface area contributed by atoms with E-state index in [1.54, 1.807) is 0 Å². The van der Waals surface area contributed by atoms with Crippen LogP contribution in [0.1, 0.15) is 22.3 Å². The minimum absolute atomic E-state index is 1.32. The summed E-state index contributed by atoms with van der Waals surface area (Å²) in [5.74, 6) is 0. The molecule has 7 rings (SSSR count). The van der Waals surface area contributed by atoms with E-state index in [0.29, 0.717) is 0 Å². The van der Waals surface area contributed by atoms with E-state index >= 15 is 0 Å². The minimum atomic E-state index is 1.32. The number of aryl methyl sites for hydroxylation is 3. The van der Waals surface area contributed by atoms with Gasteiger partial charge < -0.3 is 0 Å². The Bertz CT molecular complexity index is 2020. The summed E-state index contributed by atoms with van der Waals surface area (Å²) >= 11 is 1.89. The van der Waals surface area contributed by atoms with Crippen LogP contribution in [0.3, 0.4) is 0 Å². The second kappa shape index (κ2) is 8.30. The molecule has 0 saturated heterocycles. The first-order chi connectivity index (χ1) is 18.0. The normalized spacial score (nSPS) is 11.8. The third kappa shape index (κ3) is 3.21. The lowest BCUT2D eigenvalue weighted by molar-refractivity contribution is 1.36. The summed E-state index contributed by atoms with van der Waals surface area (Å²) in [6.07, 6.45) is 0. The molecular weight excluding hydrogens is 464 g/mol. The second-order valence-corrected chi connectivity index (χ2v) is 11.3. The summed E-state index contributed by atoms with van der Waals surface area (Å²) in [6.45, 7) is 9.17. The smallest absolute Gasteiger partial charge is 0.0358 e. The SMILES string of the molecule is Cc1ccc(-c2c(C)c3ccccc3c3ccccc23)c(C)c1-c1ccc2sc3ccccc3c2c1C. The summed E-state index contributed by atoms with van der Waals surface area (Å²) < 4.78 is 2.73. The maximum atomic E-state index is 2.34. The fraction of sp³-hybridized carbons (Fsp3) is 0.111. The Labute approximate surface area is 221 Å². The van der Waals surface area contributed by atoms with E-state index < -0.39 is 0 Å². The molecule has 178 valence electrons. The molecule has 1 aromatic heterocycles. The van der Waals surface area contributed by atoms with Crippen molar-refractivity contribution in [2.75, 3.05) is 0 Å². The van der Waals surface area contributed by atoms with Crippen LogP contribution in [0, 0.1) is 27.7 Å². The molecular formula is C36H28S. The standard InChI is InChI=1S/C36H28S/c1-21-17-18-27(35-22(2)25-11-5-6-12-28(25)29-13-7-8-14-30(29)35)23(3)34(21)26-19-20-33-36(24(26)4)31-15-9-10-16-32(31)37-33/h5-20H,1-4H3. The third-order valence-corrected chi connectivity index (χ3v) is 9.34. The van der Waals surface area contributed by atoms with Gasteiger partial charge in [-0.05, 0) is 106 Å². The number of hydrogen-bond acceptors (Lipinski definition) is 1. The van der Waals surface area contributed by atoms with Crippen LogP contribution in [-0.4, -0.2) is 0 Å². The van der Waals surface area contributed by atoms with Gasteiger partial charge in [0.15, 0.2) is 0 Å². The van der Waals surface area contributed by atoms with Gasteiger partial charge in [0.1, 0.15) is 0 Å². The molecule has 0 nitrogen and oxygen atoms in total. The van der Waals surface area contributed by atoms with E-state index in [-0.39, 0.29) is 0 Å². The van der Waals surface area contributed by atoms with Crippen LogP contribution in [0.5, 0.6) is 0 Å². The Balaban J connectivity index is 1.56. The highest BCUT2D eigenvalue weighted by atomic mass is 32.1. The van der Waals surface area contributed by atoms with Crippen molar-refractivity contribution in [2.45, 2.75) is 27.7 Å². The van der Waals surface area contributed by atoms with Gasteiger partial charge in [-0.3, -0.25) is 0 Å². The van der Waals surface area contributed by atoms with Crippen molar-refractivity contribution in [2.24, 2.45) is 0 Å². The van der Waals surface area contributed by atoms with Gasteiger partial charge in [-0.15, -0.1) is 11.3 Å². The van der Waals surface area contributed by atoms with E-state index in [9.17, 15) is 0 Å². The molecule has 0 radical (unpaired) electrons. The molecule has 0 aliphatic carbocycles. The van der Waals surface area contributed by atoms with Gasteiger partial charge >= 0.3 is 0 Å². The van der Waals surface area contributed by atoms with Gasteiger partial charge in [0.25, 0.3) is 0 Å². The molecule has 0 aliphatic rings. The van der Waals surface area contributed by atoms with Crippen LogP contribution < -0.4 is 0 Å². The number of thiophene rings is 1. The molecule has 0 bridgehead atoms. The van der Waals surface area contributed by atoms with E-state index in [0.717, 1.165) is 0 Å². The highest BCUT2D eigenvalue weighted by molar-refractivity contribution is 7.25. The average Bonchev–Trinajstić information content (AvgIpc) is 3.31. The predicted octanol–water partition coefficient (Wildman–Crippen LogP) is 10.9. The summed E-state index contributed by atoms with van der Waals surface area (Å²) in [6, 6.07) is 35.8. The Kier molecular flexibility index (Phi) is 4.99. The summed E-state index contributed by atoms with van der Waals surface area (Å²) in [5.41, 5.74) is 10.8. The lowest BCUT2D eigenvalue weighted by atomic mass is 9.83. The summed E-state index contributed by atoms with van der Waals surface area (Å²) in [7, 11) is 0. The highest BCUT2D eigenvalue weighted by Gasteiger charge is 2.19. The Hall–Kier alpha value is -3.94. The maximum absolute atomic E-state index is 2.34. The van der Waals surface area contributed by atoms with Gasteiger partial charge in [-0.2, -0.15) is 0 Å². The largest absolute Gasteiger partial charge is 0.135 e. The molecule has 6 aromatic carbocycles. The lowest BCUT2D eigenvalue weighted by Crippen LogP contribution is -1.97. The Morgan fingerprint density at radius 2 is 0.973 bits per heavy atom. The van der Waals surface area contributed by atoms with E-state index in [1.165, 1.54) is 86.2 Å². The zero-order valence-corrected chi connectivity index (χ0v) is 22.5. The monoisotopic (exact) mass is 492 g/mol. The maximum Gasteiger partial charge on any atom is 0.0358 e. The van der Waals surface area contributed by atoms with Gasteiger partial charge in [0.05, 0.1) is 0 Å². The average molecular weight is 493 g/mol. The van der Waals surface area contributed by atoms with Crippen LogP contribution in [0.2, 0.25) is 0 Å². The van der Waals surface area contributed by atoms with Gasteiger partial charge in [0, 0.05) is 20.2 Å². The van der Waals surface area contributed by atoms with Crippen molar-refractivity contribution in [1.29, 1.82) is 0 Å². The quantitative estimate of drug-likeness (QED) is 0.211. The number of hydrogen-bond donors (Lipinski definition) is 0. The Morgan fingerprint density at radius 1 is 0.405 bits per heavy atom. The van der Waals surface area contributed by atoms with Crippen LogP contribution >= 0.6 is 11.3 Å². The fourth-order valence-corrected chi connectivity index (χ4v) is 7.62. The van der Waals surface area contributed by atoms with Gasteiger partial charge in [-0.1, -0.05) is 84.9 Å². The predicted molar refractivity (Wildman–Crippen MR) is 164 cm³/mol. The molecule has 37 heavy (non-hydrogen) atoms. The lowest BCUT2D eigenvalue weighted by Gasteiger charge is -2.21. The molecule has 0 fully saturated rings. The van der Waals surface area contributed by atoms with Crippen LogP contribution in [-0.2, 0) is 0 Å². The van der Waals surface area contributed by atoms with Crippen molar-refractivity contribution in [3.05, 3.63) is 119 Å². The van der Waals surface area contributed by atoms with E-state index in [1.807, 2.05) is 11.3 Å². The van der Waals surface area contributed by atoms with Gasteiger partial charge in [-0.25, -0.2) is 0 Å². The topological polar surface area (TPSA) is 0 Å². The summed E-state index contributed by atoms with van der Waals surface area (Å²) in [5, 5.41) is 8.07.